The lowest BCUT2D eigenvalue weighted by molar-refractivity contribution is 0.494. The Morgan fingerprint density at radius 1 is 1.50 bits per heavy atom. The molecule has 0 saturated heterocycles. The van der Waals surface area contributed by atoms with Crippen molar-refractivity contribution in [2.45, 2.75) is 39.3 Å². The highest BCUT2D eigenvalue weighted by atomic mass is 79.9. The van der Waals surface area contributed by atoms with Crippen molar-refractivity contribution in [3.63, 3.8) is 0 Å². The monoisotopic (exact) mass is 328 g/mol. The minimum Gasteiger partial charge on any atom is -0.323 e. The fourth-order valence-corrected chi connectivity index (χ4v) is 3.39. The molecule has 1 unspecified atom stereocenters. The van der Waals surface area contributed by atoms with Gasteiger partial charge in [0, 0.05) is 23.4 Å². The summed E-state index contributed by atoms with van der Waals surface area (Å²) in [4.78, 5) is 5.48. The topological polar surface area (TPSA) is 56.7 Å². The predicted octanol–water partition coefficient (Wildman–Crippen LogP) is 3.23. The molecule has 0 aliphatic carbocycles. The third-order valence-corrected chi connectivity index (χ3v) is 5.05. The van der Waals surface area contributed by atoms with Crippen LogP contribution < -0.4 is 5.73 Å². The van der Waals surface area contributed by atoms with E-state index in [1.807, 2.05) is 4.68 Å². The number of nitrogens with zero attached hydrogens (tertiary/aromatic N) is 3. The lowest BCUT2D eigenvalue weighted by Crippen LogP contribution is -2.17. The SMILES string of the molecule is Cc1cc(C(N)Cc2ncnn2C(C)C)sc1Br. The summed E-state index contributed by atoms with van der Waals surface area (Å²) >= 11 is 5.22. The molecule has 98 valence electrons. The Bertz CT molecular complexity index is 512. The summed E-state index contributed by atoms with van der Waals surface area (Å²) in [6.07, 6.45) is 2.31. The lowest BCUT2D eigenvalue weighted by Gasteiger charge is -2.12. The van der Waals surface area contributed by atoms with Crippen LogP contribution in [0, 0.1) is 6.92 Å². The standard InChI is InChI=1S/C12H17BrN4S/c1-7(2)17-11(15-6-16-17)5-9(14)10-4-8(3)12(13)18-10/h4,6-7,9H,5,14H2,1-3H3. The van der Waals surface area contributed by atoms with Crippen LogP contribution in [0.5, 0.6) is 0 Å². The Morgan fingerprint density at radius 3 is 2.78 bits per heavy atom. The van der Waals surface area contributed by atoms with E-state index in [-0.39, 0.29) is 6.04 Å². The molecule has 0 spiro atoms. The number of hydrogen-bond donors (Lipinski definition) is 1. The first-order valence-corrected chi connectivity index (χ1v) is 7.49. The first kappa shape index (κ1) is 13.7. The third kappa shape index (κ3) is 2.81. The van der Waals surface area contributed by atoms with Crippen LogP contribution >= 0.6 is 27.3 Å². The van der Waals surface area contributed by atoms with E-state index in [1.54, 1.807) is 17.7 Å². The van der Waals surface area contributed by atoms with Crippen molar-refractivity contribution in [3.05, 3.63) is 32.4 Å². The van der Waals surface area contributed by atoms with Gasteiger partial charge in [0.1, 0.15) is 12.2 Å². The van der Waals surface area contributed by atoms with Crippen LogP contribution in [0.3, 0.4) is 0 Å². The fourth-order valence-electron chi connectivity index (χ4n) is 1.82. The Hall–Kier alpha value is -0.720. The average molecular weight is 329 g/mol. The first-order chi connectivity index (χ1) is 8.49. The molecular weight excluding hydrogens is 312 g/mol. The van der Waals surface area contributed by atoms with E-state index in [1.165, 1.54) is 10.4 Å². The molecule has 0 aliphatic heterocycles. The molecule has 1 atom stereocenters. The molecule has 0 aromatic carbocycles. The second kappa shape index (κ2) is 5.50. The minimum absolute atomic E-state index is 0.0262. The van der Waals surface area contributed by atoms with Crippen LogP contribution in [0.1, 0.15) is 42.2 Å². The van der Waals surface area contributed by atoms with E-state index >= 15 is 0 Å². The highest BCUT2D eigenvalue weighted by Gasteiger charge is 2.16. The molecule has 2 aromatic rings. The van der Waals surface area contributed by atoms with Crippen molar-refractivity contribution in [2.24, 2.45) is 5.73 Å². The summed E-state index contributed by atoms with van der Waals surface area (Å²) in [5.74, 6) is 0.944. The van der Waals surface area contributed by atoms with Gasteiger partial charge < -0.3 is 5.73 Å². The number of hydrogen-bond acceptors (Lipinski definition) is 4. The van der Waals surface area contributed by atoms with E-state index in [2.05, 4.69) is 52.9 Å². The molecule has 2 N–H and O–H groups in total. The summed E-state index contributed by atoms with van der Waals surface area (Å²) in [7, 11) is 0. The van der Waals surface area contributed by atoms with Crippen LogP contribution in [0.25, 0.3) is 0 Å². The van der Waals surface area contributed by atoms with Crippen molar-refractivity contribution in [1.82, 2.24) is 14.8 Å². The van der Waals surface area contributed by atoms with E-state index in [4.69, 9.17) is 5.73 Å². The van der Waals surface area contributed by atoms with Crippen molar-refractivity contribution in [2.75, 3.05) is 0 Å². The van der Waals surface area contributed by atoms with Crippen molar-refractivity contribution < 1.29 is 0 Å². The van der Waals surface area contributed by atoms with Crippen molar-refractivity contribution in [1.29, 1.82) is 0 Å². The second-order valence-electron chi connectivity index (χ2n) is 4.63. The number of nitrogens with two attached hydrogens (primary N) is 1. The van der Waals surface area contributed by atoms with Crippen molar-refractivity contribution in [3.8, 4) is 0 Å². The molecular formula is C12H17BrN4S. The Morgan fingerprint density at radius 2 is 2.22 bits per heavy atom. The van der Waals surface area contributed by atoms with Gasteiger partial charge in [-0.25, -0.2) is 9.67 Å². The molecule has 18 heavy (non-hydrogen) atoms. The van der Waals surface area contributed by atoms with E-state index in [0.717, 1.165) is 9.61 Å². The highest BCUT2D eigenvalue weighted by Crippen LogP contribution is 2.31. The molecule has 2 rings (SSSR count). The molecule has 0 fully saturated rings. The molecule has 0 bridgehead atoms. The van der Waals surface area contributed by atoms with Gasteiger partial charge in [-0.05, 0) is 48.3 Å². The number of aryl methyl sites for hydroxylation is 1. The number of thiophene rings is 1. The summed E-state index contributed by atoms with van der Waals surface area (Å²) in [6.45, 7) is 6.26. The maximum atomic E-state index is 6.25. The Balaban J connectivity index is 2.16. The van der Waals surface area contributed by atoms with Gasteiger partial charge in [-0.1, -0.05) is 0 Å². The number of halogens is 1. The normalized spacial score (nSPS) is 13.2. The molecule has 6 heteroatoms. The minimum atomic E-state index is -0.0262. The zero-order valence-electron chi connectivity index (χ0n) is 10.7. The smallest absolute Gasteiger partial charge is 0.138 e. The van der Waals surface area contributed by atoms with Crippen LogP contribution in [0.4, 0.5) is 0 Å². The summed E-state index contributed by atoms with van der Waals surface area (Å²) < 4.78 is 3.08. The van der Waals surface area contributed by atoms with Gasteiger partial charge in [0.15, 0.2) is 0 Å². The summed E-state index contributed by atoms with van der Waals surface area (Å²) in [5.41, 5.74) is 7.48. The van der Waals surface area contributed by atoms with Gasteiger partial charge in [0.05, 0.1) is 3.79 Å². The average Bonchev–Trinajstić information content (AvgIpc) is 2.87. The van der Waals surface area contributed by atoms with E-state index in [0.29, 0.717) is 12.5 Å². The van der Waals surface area contributed by atoms with Gasteiger partial charge in [-0.3, -0.25) is 0 Å². The van der Waals surface area contributed by atoms with Gasteiger partial charge in [-0.15, -0.1) is 11.3 Å². The molecule has 0 radical (unpaired) electrons. The lowest BCUT2D eigenvalue weighted by atomic mass is 10.1. The van der Waals surface area contributed by atoms with Gasteiger partial charge in [0.2, 0.25) is 0 Å². The maximum absolute atomic E-state index is 6.25. The van der Waals surface area contributed by atoms with Crippen LogP contribution in [-0.4, -0.2) is 14.8 Å². The molecule has 0 aliphatic rings. The number of aromatic nitrogens is 3. The molecule has 0 amide bonds. The van der Waals surface area contributed by atoms with E-state index in [9.17, 15) is 0 Å². The summed E-state index contributed by atoms with van der Waals surface area (Å²) in [6, 6.07) is 2.42. The molecule has 2 aromatic heterocycles. The molecule has 4 nitrogen and oxygen atoms in total. The van der Waals surface area contributed by atoms with Crippen molar-refractivity contribution >= 4 is 27.3 Å². The first-order valence-electron chi connectivity index (χ1n) is 5.88. The quantitative estimate of drug-likeness (QED) is 0.937. The van der Waals surface area contributed by atoms with Crippen LogP contribution in [-0.2, 0) is 6.42 Å². The second-order valence-corrected chi connectivity index (χ2v) is 7.03. The highest BCUT2D eigenvalue weighted by molar-refractivity contribution is 9.11. The van der Waals surface area contributed by atoms with Crippen LogP contribution in [0.15, 0.2) is 16.2 Å². The number of rotatable bonds is 4. The summed E-state index contributed by atoms with van der Waals surface area (Å²) in [5, 5.41) is 4.23. The van der Waals surface area contributed by atoms with Gasteiger partial charge in [0.25, 0.3) is 0 Å². The zero-order chi connectivity index (χ0) is 13.3. The maximum Gasteiger partial charge on any atom is 0.138 e. The Labute approximate surface area is 119 Å². The van der Waals surface area contributed by atoms with Gasteiger partial charge in [-0.2, -0.15) is 5.10 Å². The largest absolute Gasteiger partial charge is 0.323 e. The predicted molar refractivity (Wildman–Crippen MR) is 77.8 cm³/mol. The molecule has 2 heterocycles. The third-order valence-electron chi connectivity index (χ3n) is 2.78. The zero-order valence-corrected chi connectivity index (χ0v) is 13.1. The fraction of sp³-hybridized carbons (Fsp3) is 0.500. The van der Waals surface area contributed by atoms with Gasteiger partial charge >= 0.3 is 0 Å². The Kier molecular flexibility index (Phi) is 4.19. The molecule has 0 saturated carbocycles. The van der Waals surface area contributed by atoms with Crippen LogP contribution in [0.2, 0.25) is 0 Å². The van der Waals surface area contributed by atoms with E-state index < -0.39 is 0 Å².